The van der Waals surface area contributed by atoms with Crippen molar-refractivity contribution in [1.82, 2.24) is 0 Å². The Balaban J connectivity index is 1.65. The third-order valence-electron chi connectivity index (χ3n) is 4.10. The van der Waals surface area contributed by atoms with Crippen LogP contribution < -0.4 is 10.1 Å². The number of ether oxygens (including phenoxy) is 1. The molecule has 1 heterocycles. The SMILES string of the molecule is CCCCCCOc1cccc(NC(=O)c2sc3ccccc3c2Cl)c1. The third kappa shape index (κ3) is 4.57. The Kier molecular flexibility index (Phi) is 6.53. The van der Waals surface area contributed by atoms with Gasteiger partial charge in [0.1, 0.15) is 10.6 Å². The van der Waals surface area contributed by atoms with E-state index in [1.807, 2.05) is 48.5 Å². The summed E-state index contributed by atoms with van der Waals surface area (Å²) >= 11 is 7.79. The minimum atomic E-state index is -0.198. The van der Waals surface area contributed by atoms with Crippen molar-refractivity contribution < 1.29 is 9.53 Å². The molecular formula is C21H22ClNO2S. The number of halogens is 1. The van der Waals surface area contributed by atoms with Gasteiger partial charge in [0.25, 0.3) is 5.91 Å². The Morgan fingerprint density at radius 3 is 2.77 bits per heavy atom. The number of benzene rings is 2. The molecule has 0 aliphatic rings. The number of anilines is 1. The lowest BCUT2D eigenvalue weighted by Gasteiger charge is -2.09. The Labute approximate surface area is 162 Å². The first-order valence-corrected chi connectivity index (χ1v) is 10.1. The normalized spacial score (nSPS) is 10.8. The molecule has 0 fully saturated rings. The average Bonchev–Trinajstić information content (AvgIpc) is 2.99. The topological polar surface area (TPSA) is 38.3 Å². The maximum atomic E-state index is 12.6. The summed E-state index contributed by atoms with van der Waals surface area (Å²) in [6, 6.07) is 15.2. The highest BCUT2D eigenvalue weighted by Gasteiger charge is 2.17. The highest BCUT2D eigenvalue weighted by atomic mass is 35.5. The van der Waals surface area contributed by atoms with E-state index < -0.39 is 0 Å². The van der Waals surface area contributed by atoms with Crippen LogP contribution in [0.25, 0.3) is 10.1 Å². The number of carbonyl (C=O) groups is 1. The third-order valence-corrected chi connectivity index (χ3v) is 5.77. The summed E-state index contributed by atoms with van der Waals surface area (Å²) < 4.78 is 6.78. The first-order chi connectivity index (χ1) is 12.7. The fraction of sp³-hybridized carbons (Fsp3) is 0.286. The molecule has 0 unspecified atom stereocenters. The Hall–Kier alpha value is -2.04. The lowest BCUT2D eigenvalue weighted by atomic mass is 10.2. The standard InChI is InChI=1S/C21H22ClNO2S/c1-2-3-4-7-13-25-16-10-8-9-15(14-16)23-21(24)20-19(22)17-11-5-6-12-18(17)26-20/h5-6,8-12,14H,2-4,7,13H2,1H3,(H,23,24). The zero-order valence-electron chi connectivity index (χ0n) is 14.8. The predicted octanol–water partition coefficient (Wildman–Crippen LogP) is 6.77. The summed E-state index contributed by atoms with van der Waals surface area (Å²) in [6.07, 6.45) is 4.66. The first kappa shape index (κ1) is 18.7. The lowest BCUT2D eigenvalue weighted by molar-refractivity contribution is 0.103. The van der Waals surface area contributed by atoms with Crippen LogP contribution in [-0.4, -0.2) is 12.5 Å². The smallest absolute Gasteiger partial charge is 0.267 e. The van der Waals surface area contributed by atoms with Gasteiger partial charge in [-0.3, -0.25) is 4.79 Å². The molecule has 0 aliphatic heterocycles. The monoisotopic (exact) mass is 387 g/mol. The molecule has 0 bridgehead atoms. The van der Waals surface area contributed by atoms with E-state index in [0.29, 0.717) is 22.2 Å². The van der Waals surface area contributed by atoms with Gasteiger partial charge < -0.3 is 10.1 Å². The van der Waals surface area contributed by atoms with Crippen LogP contribution in [0.4, 0.5) is 5.69 Å². The second-order valence-corrected chi connectivity index (χ2v) is 7.56. The largest absolute Gasteiger partial charge is 0.494 e. The molecule has 0 saturated carbocycles. The molecule has 0 spiro atoms. The molecule has 2 aromatic carbocycles. The fourth-order valence-electron chi connectivity index (χ4n) is 2.73. The number of hydrogen-bond donors (Lipinski definition) is 1. The predicted molar refractivity (Wildman–Crippen MR) is 111 cm³/mol. The molecule has 26 heavy (non-hydrogen) atoms. The van der Waals surface area contributed by atoms with Gasteiger partial charge in [0, 0.05) is 21.8 Å². The average molecular weight is 388 g/mol. The molecule has 3 nitrogen and oxygen atoms in total. The van der Waals surface area contributed by atoms with Crippen LogP contribution in [0.3, 0.4) is 0 Å². The van der Waals surface area contributed by atoms with Gasteiger partial charge in [-0.2, -0.15) is 0 Å². The Morgan fingerprint density at radius 2 is 1.96 bits per heavy atom. The molecular weight excluding hydrogens is 366 g/mol. The highest BCUT2D eigenvalue weighted by molar-refractivity contribution is 7.21. The molecule has 3 rings (SSSR count). The van der Waals surface area contributed by atoms with E-state index in [-0.39, 0.29) is 5.91 Å². The number of fused-ring (bicyclic) bond motifs is 1. The summed E-state index contributed by atoms with van der Waals surface area (Å²) in [7, 11) is 0. The summed E-state index contributed by atoms with van der Waals surface area (Å²) in [5, 5.41) is 4.33. The second kappa shape index (κ2) is 9.06. The number of rotatable bonds is 8. The maximum absolute atomic E-state index is 12.6. The van der Waals surface area contributed by atoms with Gasteiger partial charge >= 0.3 is 0 Å². The summed E-state index contributed by atoms with van der Waals surface area (Å²) in [5.74, 6) is 0.568. The van der Waals surface area contributed by atoms with Crippen molar-refractivity contribution in [3.05, 3.63) is 58.4 Å². The van der Waals surface area contributed by atoms with Crippen LogP contribution in [0.1, 0.15) is 42.3 Å². The highest BCUT2D eigenvalue weighted by Crippen LogP contribution is 2.35. The minimum absolute atomic E-state index is 0.198. The van der Waals surface area contributed by atoms with E-state index in [0.717, 1.165) is 22.3 Å². The van der Waals surface area contributed by atoms with Gasteiger partial charge in [0.15, 0.2) is 0 Å². The maximum Gasteiger partial charge on any atom is 0.267 e. The number of nitrogens with one attached hydrogen (secondary N) is 1. The van der Waals surface area contributed by atoms with Crippen LogP contribution in [0.5, 0.6) is 5.75 Å². The molecule has 3 aromatic rings. The zero-order valence-corrected chi connectivity index (χ0v) is 16.3. The van der Waals surface area contributed by atoms with Crippen molar-refractivity contribution in [2.24, 2.45) is 0 Å². The summed E-state index contributed by atoms with van der Waals surface area (Å²) in [5.41, 5.74) is 0.703. The minimum Gasteiger partial charge on any atom is -0.494 e. The van der Waals surface area contributed by atoms with Crippen LogP contribution in [0.15, 0.2) is 48.5 Å². The molecule has 1 amide bonds. The van der Waals surface area contributed by atoms with E-state index in [9.17, 15) is 4.79 Å². The zero-order chi connectivity index (χ0) is 18.4. The Morgan fingerprint density at radius 1 is 1.12 bits per heavy atom. The number of hydrogen-bond acceptors (Lipinski definition) is 3. The lowest BCUT2D eigenvalue weighted by Crippen LogP contribution is -2.10. The van der Waals surface area contributed by atoms with E-state index in [1.54, 1.807) is 0 Å². The fourth-order valence-corrected chi connectivity index (χ4v) is 4.14. The van der Waals surface area contributed by atoms with Crippen molar-refractivity contribution in [1.29, 1.82) is 0 Å². The van der Waals surface area contributed by atoms with Crippen LogP contribution in [0, 0.1) is 0 Å². The van der Waals surface area contributed by atoms with Crippen molar-refractivity contribution >= 4 is 44.6 Å². The molecule has 5 heteroatoms. The number of thiophene rings is 1. The Bertz CT molecular complexity index is 891. The molecule has 0 atom stereocenters. The van der Waals surface area contributed by atoms with Crippen LogP contribution in [0.2, 0.25) is 5.02 Å². The van der Waals surface area contributed by atoms with Gasteiger partial charge in [0.05, 0.1) is 11.6 Å². The first-order valence-electron chi connectivity index (χ1n) is 8.90. The number of carbonyl (C=O) groups excluding carboxylic acids is 1. The van der Waals surface area contributed by atoms with E-state index >= 15 is 0 Å². The van der Waals surface area contributed by atoms with Crippen LogP contribution >= 0.6 is 22.9 Å². The summed E-state index contributed by atoms with van der Waals surface area (Å²) in [4.78, 5) is 13.1. The van der Waals surface area contributed by atoms with E-state index in [2.05, 4.69) is 12.2 Å². The van der Waals surface area contributed by atoms with Crippen molar-refractivity contribution in [2.45, 2.75) is 32.6 Å². The summed E-state index contributed by atoms with van der Waals surface area (Å²) in [6.45, 7) is 2.88. The van der Waals surface area contributed by atoms with Crippen molar-refractivity contribution in [3.63, 3.8) is 0 Å². The number of unbranched alkanes of at least 4 members (excludes halogenated alkanes) is 3. The number of amides is 1. The molecule has 136 valence electrons. The van der Waals surface area contributed by atoms with Crippen molar-refractivity contribution in [3.8, 4) is 5.75 Å². The molecule has 1 N–H and O–H groups in total. The van der Waals surface area contributed by atoms with Gasteiger partial charge in [-0.15, -0.1) is 11.3 Å². The van der Waals surface area contributed by atoms with E-state index in [4.69, 9.17) is 16.3 Å². The quantitative estimate of drug-likeness (QED) is 0.433. The van der Waals surface area contributed by atoms with E-state index in [1.165, 1.54) is 30.6 Å². The van der Waals surface area contributed by atoms with Gasteiger partial charge in [-0.25, -0.2) is 0 Å². The second-order valence-electron chi connectivity index (χ2n) is 6.13. The van der Waals surface area contributed by atoms with Gasteiger partial charge in [-0.05, 0) is 24.6 Å². The molecule has 0 radical (unpaired) electrons. The molecule has 1 aromatic heterocycles. The van der Waals surface area contributed by atoms with Crippen molar-refractivity contribution in [2.75, 3.05) is 11.9 Å². The molecule has 0 aliphatic carbocycles. The molecule has 0 saturated heterocycles. The van der Waals surface area contributed by atoms with Crippen LogP contribution in [-0.2, 0) is 0 Å². The van der Waals surface area contributed by atoms with Gasteiger partial charge in [0.2, 0.25) is 0 Å². The van der Waals surface area contributed by atoms with Gasteiger partial charge in [-0.1, -0.05) is 62.1 Å².